The molecule has 118 valence electrons. The number of amides is 1. The van der Waals surface area contributed by atoms with Gasteiger partial charge >= 0.3 is 0 Å². The second kappa shape index (κ2) is 6.83. The molecule has 2 N–H and O–H groups in total. The van der Waals surface area contributed by atoms with Gasteiger partial charge in [-0.3, -0.25) is 9.59 Å². The number of hydrogen-bond acceptors (Lipinski definition) is 5. The molecule has 1 amide bonds. The largest absolute Gasteiger partial charge is 0.356 e. The minimum atomic E-state index is -0.110. The van der Waals surface area contributed by atoms with Crippen LogP contribution in [0, 0.1) is 0 Å². The molecular weight excluding hydrogens is 318 g/mol. The Hall–Kier alpha value is -1.34. The molecule has 0 aromatic carbocycles. The summed E-state index contributed by atoms with van der Waals surface area (Å²) in [5, 5.41) is 3.57. The maximum absolute atomic E-state index is 12.3. The Morgan fingerprint density at radius 3 is 3.14 bits per heavy atom. The lowest BCUT2D eigenvalue weighted by atomic mass is 10.1. The highest BCUT2D eigenvalue weighted by molar-refractivity contribution is 8.01. The number of aromatic nitrogens is 2. The van der Waals surface area contributed by atoms with E-state index in [1.807, 2.05) is 0 Å². The smallest absolute Gasteiger partial charge is 0.259 e. The molecular formula is C15H19N3O2S2. The van der Waals surface area contributed by atoms with Gasteiger partial charge in [-0.1, -0.05) is 13.3 Å². The molecule has 3 heterocycles. The molecule has 3 rings (SSSR count). The molecule has 7 heteroatoms. The monoisotopic (exact) mass is 337 g/mol. The van der Waals surface area contributed by atoms with E-state index in [1.165, 1.54) is 4.21 Å². The van der Waals surface area contributed by atoms with Crippen molar-refractivity contribution >= 4 is 39.2 Å². The first-order valence-electron chi connectivity index (χ1n) is 7.63. The zero-order valence-electron chi connectivity index (χ0n) is 12.5. The van der Waals surface area contributed by atoms with Gasteiger partial charge in [-0.2, -0.15) is 0 Å². The minimum Gasteiger partial charge on any atom is -0.356 e. The molecule has 0 saturated carbocycles. The molecule has 1 aliphatic heterocycles. The van der Waals surface area contributed by atoms with Crippen molar-refractivity contribution in [2.75, 3.05) is 12.3 Å². The Morgan fingerprint density at radius 1 is 1.45 bits per heavy atom. The number of aryl methyl sites for hydroxylation is 1. The van der Waals surface area contributed by atoms with E-state index in [9.17, 15) is 9.59 Å². The Bertz CT molecular complexity index is 751. The predicted octanol–water partition coefficient (Wildman–Crippen LogP) is 2.48. The van der Waals surface area contributed by atoms with E-state index in [0.717, 1.165) is 47.2 Å². The van der Waals surface area contributed by atoms with Gasteiger partial charge in [0.05, 0.1) is 16.0 Å². The van der Waals surface area contributed by atoms with Gasteiger partial charge in [-0.25, -0.2) is 4.98 Å². The van der Waals surface area contributed by atoms with Crippen LogP contribution in [0.2, 0.25) is 0 Å². The van der Waals surface area contributed by atoms with Gasteiger partial charge in [0.25, 0.3) is 5.56 Å². The second-order valence-electron chi connectivity index (χ2n) is 5.39. The number of thiophene rings is 1. The van der Waals surface area contributed by atoms with E-state index < -0.39 is 0 Å². The highest BCUT2D eigenvalue weighted by atomic mass is 32.2. The Labute approximate surface area is 136 Å². The second-order valence-corrected chi connectivity index (χ2v) is 7.76. The topological polar surface area (TPSA) is 74.8 Å². The molecule has 1 aliphatic rings. The summed E-state index contributed by atoms with van der Waals surface area (Å²) in [7, 11) is 0. The van der Waals surface area contributed by atoms with Crippen molar-refractivity contribution in [2.45, 2.75) is 43.2 Å². The summed E-state index contributed by atoms with van der Waals surface area (Å²) in [6.45, 7) is 2.75. The average Bonchev–Trinajstić information content (AvgIpc) is 2.86. The number of H-pyrrole nitrogens is 1. The number of rotatable bonds is 5. The zero-order valence-corrected chi connectivity index (χ0v) is 14.2. The number of aromatic amines is 1. The molecule has 5 nitrogen and oxygen atoms in total. The van der Waals surface area contributed by atoms with Crippen LogP contribution in [0.4, 0.5) is 0 Å². The van der Waals surface area contributed by atoms with Crippen LogP contribution >= 0.6 is 23.1 Å². The fourth-order valence-electron chi connectivity index (χ4n) is 2.55. The molecule has 0 atom stereocenters. The fraction of sp³-hybridized carbons (Fsp3) is 0.533. The molecule has 0 radical (unpaired) electrons. The molecule has 0 spiro atoms. The van der Waals surface area contributed by atoms with Crippen LogP contribution in [-0.4, -0.2) is 28.2 Å². The van der Waals surface area contributed by atoms with Gasteiger partial charge in [0.2, 0.25) is 5.91 Å². The minimum absolute atomic E-state index is 0.0911. The standard InChI is InChI=1S/C15H19N3O2S2/c1-2-3-6-16-11(19)8-10-17-13(20)12-9-5-4-7-21-15(9)22-14(12)18-10/h2-8H2,1H3,(H,16,19)(H,17,18,20). The Kier molecular flexibility index (Phi) is 4.83. The van der Waals surface area contributed by atoms with E-state index in [-0.39, 0.29) is 17.9 Å². The van der Waals surface area contributed by atoms with E-state index in [1.54, 1.807) is 23.1 Å². The number of carbonyl (C=O) groups excluding carboxylic acids is 1. The van der Waals surface area contributed by atoms with Crippen molar-refractivity contribution in [1.29, 1.82) is 0 Å². The first-order valence-corrected chi connectivity index (χ1v) is 9.43. The average molecular weight is 337 g/mol. The molecule has 0 unspecified atom stereocenters. The van der Waals surface area contributed by atoms with Crippen LogP contribution < -0.4 is 10.9 Å². The summed E-state index contributed by atoms with van der Waals surface area (Å²) >= 11 is 3.38. The summed E-state index contributed by atoms with van der Waals surface area (Å²) in [6, 6.07) is 0. The summed E-state index contributed by atoms with van der Waals surface area (Å²) in [5.74, 6) is 1.46. The van der Waals surface area contributed by atoms with Crippen LogP contribution in [0.3, 0.4) is 0 Å². The lowest BCUT2D eigenvalue weighted by Crippen LogP contribution is -2.27. The molecule has 0 fully saturated rings. The highest BCUT2D eigenvalue weighted by Crippen LogP contribution is 2.39. The fourth-order valence-corrected chi connectivity index (χ4v) is 5.10. The Morgan fingerprint density at radius 2 is 2.32 bits per heavy atom. The first-order chi connectivity index (χ1) is 10.7. The zero-order chi connectivity index (χ0) is 15.5. The van der Waals surface area contributed by atoms with Crippen LogP contribution in [0.1, 0.15) is 37.6 Å². The van der Waals surface area contributed by atoms with Gasteiger partial charge in [0, 0.05) is 6.54 Å². The molecule has 2 aromatic rings. The van der Waals surface area contributed by atoms with E-state index in [4.69, 9.17) is 0 Å². The molecule has 2 aromatic heterocycles. The van der Waals surface area contributed by atoms with Crippen molar-refractivity contribution in [3.8, 4) is 0 Å². The van der Waals surface area contributed by atoms with Crippen molar-refractivity contribution in [1.82, 2.24) is 15.3 Å². The lowest BCUT2D eigenvalue weighted by molar-refractivity contribution is -0.120. The molecule has 0 bridgehead atoms. The van der Waals surface area contributed by atoms with Crippen molar-refractivity contribution in [3.05, 3.63) is 21.7 Å². The number of hydrogen-bond donors (Lipinski definition) is 2. The lowest BCUT2D eigenvalue weighted by Gasteiger charge is -2.09. The number of unbranched alkanes of at least 4 members (excludes halogenated alkanes) is 1. The summed E-state index contributed by atoms with van der Waals surface area (Å²) in [4.78, 5) is 32.2. The third kappa shape index (κ3) is 3.20. The Balaban J connectivity index is 1.83. The summed E-state index contributed by atoms with van der Waals surface area (Å²) in [5.41, 5.74) is 1.03. The number of fused-ring (bicyclic) bond motifs is 3. The maximum atomic E-state index is 12.3. The van der Waals surface area contributed by atoms with E-state index in [2.05, 4.69) is 22.2 Å². The van der Waals surface area contributed by atoms with Crippen molar-refractivity contribution in [3.63, 3.8) is 0 Å². The molecule has 22 heavy (non-hydrogen) atoms. The molecule has 0 aliphatic carbocycles. The van der Waals surface area contributed by atoms with Crippen molar-refractivity contribution in [2.24, 2.45) is 0 Å². The van der Waals surface area contributed by atoms with Crippen LogP contribution in [-0.2, 0) is 17.6 Å². The van der Waals surface area contributed by atoms with Crippen molar-refractivity contribution < 1.29 is 4.79 Å². The summed E-state index contributed by atoms with van der Waals surface area (Å²) < 4.78 is 1.21. The third-order valence-corrected chi connectivity index (χ3v) is 6.18. The molecule has 0 saturated heterocycles. The number of nitrogens with zero attached hydrogens (tertiary/aromatic N) is 1. The van der Waals surface area contributed by atoms with Gasteiger partial charge < -0.3 is 10.3 Å². The van der Waals surface area contributed by atoms with Crippen LogP contribution in [0.15, 0.2) is 9.00 Å². The highest BCUT2D eigenvalue weighted by Gasteiger charge is 2.20. The predicted molar refractivity (Wildman–Crippen MR) is 90.9 cm³/mol. The van der Waals surface area contributed by atoms with Crippen LogP contribution in [0.5, 0.6) is 0 Å². The maximum Gasteiger partial charge on any atom is 0.259 e. The third-order valence-electron chi connectivity index (χ3n) is 3.66. The SMILES string of the molecule is CCCCNC(=O)Cc1nc2sc3c(c2c(=O)[nH]1)CCCS3. The van der Waals surface area contributed by atoms with Crippen LogP contribution in [0.25, 0.3) is 10.2 Å². The van der Waals surface area contributed by atoms with Gasteiger partial charge in [0.1, 0.15) is 10.7 Å². The first kappa shape index (κ1) is 15.6. The van der Waals surface area contributed by atoms with E-state index >= 15 is 0 Å². The van der Waals surface area contributed by atoms with Gasteiger partial charge in [-0.15, -0.1) is 23.1 Å². The van der Waals surface area contributed by atoms with E-state index in [0.29, 0.717) is 12.4 Å². The summed E-state index contributed by atoms with van der Waals surface area (Å²) in [6.07, 6.45) is 4.18. The quantitative estimate of drug-likeness (QED) is 0.822. The number of nitrogens with one attached hydrogen (secondary N) is 2. The van der Waals surface area contributed by atoms with Gasteiger partial charge in [0.15, 0.2) is 0 Å². The normalized spacial score (nSPS) is 14.0. The number of thioether (sulfide) groups is 1. The number of carbonyl (C=O) groups is 1. The van der Waals surface area contributed by atoms with Gasteiger partial charge in [-0.05, 0) is 30.6 Å².